The fraction of sp³-hybridized carbons (Fsp3) is 0. The zero-order chi connectivity index (χ0) is 37.5. The normalized spacial score (nSPS) is 11.9. The van der Waals surface area contributed by atoms with Gasteiger partial charge in [-0.05, 0) is 47.5 Å². The van der Waals surface area contributed by atoms with Crippen LogP contribution in [0.25, 0.3) is 109 Å². The smallest absolute Gasteiger partial charge is 0.238 e. The molecule has 4 aromatic heterocycles. The molecule has 0 fully saturated rings. The van der Waals surface area contributed by atoms with Gasteiger partial charge in [0.05, 0.1) is 22.1 Å². The third-order valence-corrected chi connectivity index (χ3v) is 12.4. The molecule has 0 unspecified atom stereocenters. The molecule has 0 radical (unpaired) electrons. The average molecular weight is 746 g/mol. The lowest BCUT2D eigenvalue weighted by Gasteiger charge is -2.13. The number of para-hydroxylation sites is 3. The predicted octanol–water partition coefficient (Wildman–Crippen LogP) is 13.4. The molecule has 0 spiro atoms. The average Bonchev–Trinajstić information content (AvgIpc) is 3.95. The van der Waals surface area contributed by atoms with Gasteiger partial charge >= 0.3 is 0 Å². The van der Waals surface area contributed by atoms with E-state index in [1.54, 1.807) is 11.3 Å². The molecule has 0 aliphatic rings. The van der Waals surface area contributed by atoms with Gasteiger partial charge in [-0.1, -0.05) is 152 Å². The van der Waals surface area contributed by atoms with Crippen LogP contribution in [0.3, 0.4) is 0 Å². The minimum Gasteiger partial charge on any atom is -0.307 e. The molecular formula is C51H31N5S. The molecule has 0 N–H and O–H groups in total. The summed E-state index contributed by atoms with van der Waals surface area (Å²) in [5, 5.41) is 7.08. The van der Waals surface area contributed by atoms with Crippen LogP contribution in [-0.2, 0) is 0 Å². The fourth-order valence-electron chi connectivity index (χ4n) is 8.64. The number of nitrogens with zero attached hydrogens (tertiary/aromatic N) is 5. The number of aromatic nitrogens is 5. The highest BCUT2D eigenvalue weighted by Gasteiger charge is 2.24. The number of hydrogen-bond acceptors (Lipinski definition) is 4. The van der Waals surface area contributed by atoms with Crippen molar-refractivity contribution in [1.29, 1.82) is 0 Å². The monoisotopic (exact) mass is 745 g/mol. The molecule has 4 heterocycles. The SMILES string of the molecule is c1ccc(-c2ccc3c(c2)sc2c(-c4nc(-c5ccccc5)nc(-n5c6ccccc6c6ccc7c8ccccc8n(-c8ccccc8)c7c65)n4)cccc23)cc1. The first-order valence-electron chi connectivity index (χ1n) is 19.1. The first kappa shape index (κ1) is 31.9. The molecule has 0 aliphatic heterocycles. The standard InChI is InChI=1S/C51H31N5S/c1-4-15-32(16-5-1)34-27-28-38-41-23-14-24-42(48(41)57-45(38)31-34)50-52-49(33-17-6-2-7-18-33)53-51(54-50)56-44-26-13-11-22-37(44)40-30-29-39-36-21-10-12-25-43(36)55(46(39)47(40)56)35-19-8-3-9-20-35/h1-31H. The van der Waals surface area contributed by atoms with Gasteiger partial charge in [0.1, 0.15) is 0 Å². The largest absolute Gasteiger partial charge is 0.307 e. The highest BCUT2D eigenvalue weighted by atomic mass is 32.1. The Hall–Kier alpha value is -7.41. The Morgan fingerprint density at radius 3 is 1.65 bits per heavy atom. The van der Waals surface area contributed by atoms with Crippen molar-refractivity contribution in [2.75, 3.05) is 0 Å². The molecular weight excluding hydrogens is 715 g/mol. The van der Waals surface area contributed by atoms with E-state index in [1.807, 2.05) is 18.2 Å². The van der Waals surface area contributed by atoms with Crippen LogP contribution in [0, 0.1) is 0 Å². The van der Waals surface area contributed by atoms with E-state index in [0.717, 1.165) is 54.4 Å². The van der Waals surface area contributed by atoms with Crippen molar-refractivity contribution in [3.8, 4) is 45.5 Å². The zero-order valence-corrected chi connectivity index (χ0v) is 31.4. The first-order valence-corrected chi connectivity index (χ1v) is 19.9. The molecule has 0 aliphatic carbocycles. The molecule has 0 amide bonds. The highest BCUT2D eigenvalue weighted by molar-refractivity contribution is 7.26. The van der Waals surface area contributed by atoms with Gasteiger partial charge in [0, 0.05) is 58.5 Å². The van der Waals surface area contributed by atoms with Crippen molar-refractivity contribution < 1.29 is 0 Å². The summed E-state index contributed by atoms with van der Waals surface area (Å²) in [5.41, 5.74) is 9.78. The molecule has 57 heavy (non-hydrogen) atoms. The highest BCUT2D eigenvalue weighted by Crippen LogP contribution is 2.43. The van der Waals surface area contributed by atoms with Gasteiger partial charge in [0.25, 0.3) is 0 Å². The van der Waals surface area contributed by atoms with Crippen LogP contribution in [0.4, 0.5) is 0 Å². The Labute approximate surface area is 331 Å². The molecule has 0 saturated carbocycles. The van der Waals surface area contributed by atoms with Gasteiger partial charge in [-0.2, -0.15) is 9.97 Å². The molecule has 6 heteroatoms. The van der Waals surface area contributed by atoms with Crippen molar-refractivity contribution in [1.82, 2.24) is 24.1 Å². The van der Waals surface area contributed by atoms with E-state index >= 15 is 0 Å². The minimum absolute atomic E-state index is 0.576. The lowest BCUT2D eigenvalue weighted by atomic mass is 10.0. The maximum Gasteiger partial charge on any atom is 0.238 e. The lowest BCUT2D eigenvalue weighted by Crippen LogP contribution is -2.07. The lowest BCUT2D eigenvalue weighted by molar-refractivity contribution is 0.954. The van der Waals surface area contributed by atoms with Crippen molar-refractivity contribution >= 4 is 75.1 Å². The summed E-state index contributed by atoms with van der Waals surface area (Å²) >= 11 is 1.80. The molecule has 0 bridgehead atoms. The van der Waals surface area contributed by atoms with Crippen LogP contribution in [-0.4, -0.2) is 24.1 Å². The van der Waals surface area contributed by atoms with E-state index < -0.39 is 0 Å². The summed E-state index contributed by atoms with van der Waals surface area (Å²) < 4.78 is 7.04. The van der Waals surface area contributed by atoms with Crippen LogP contribution in [0.2, 0.25) is 0 Å². The van der Waals surface area contributed by atoms with Crippen molar-refractivity contribution in [3.05, 3.63) is 188 Å². The summed E-state index contributed by atoms with van der Waals surface area (Å²) in [5.74, 6) is 1.84. The second-order valence-corrected chi connectivity index (χ2v) is 15.5. The van der Waals surface area contributed by atoms with Crippen LogP contribution < -0.4 is 0 Å². The molecule has 12 aromatic rings. The molecule has 5 nitrogen and oxygen atoms in total. The van der Waals surface area contributed by atoms with E-state index in [0.29, 0.717) is 17.6 Å². The van der Waals surface area contributed by atoms with E-state index in [4.69, 9.17) is 15.0 Å². The topological polar surface area (TPSA) is 48.5 Å². The number of benzene rings is 8. The van der Waals surface area contributed by atoms with E-state index in [1.165, 1.54) is 37.4 Å². The molecule has 12 rings (SSSR count). The Balaban J connectivity index is 1.18. The van der Waals surface area contributed by atoms with Gasteiger partial charge in [-0.25, -0.2) is 4.98 Å². The van der Waals surface area contributed by atoms with Crippen molar-refractivity contribution in [2.45, 2.75) is 0 Å². The van der Waals surface area contributed by atoms with E-state index in [-0.39, 0.29) is 0 Å². The molecule has 8 aromatic carbocycles. The number of hydrogen-bond donors (Lipinski definition) is 0. The molecule has 0 atom stereocenters. The fourth-order valence-corrected chi connectivity index (χ4v) is 9.89. The van der Waals surface area contributed by atoms with Crippen molar-refractivity contribution in [3.63, 3.8) is 0 Å². The van der Waals surface area contributed by atoms with Crippen LogP contribution in [0.1, 0.15) is 0 Å². The first-order chi connectivity index (χ1) is 28.3. The number of fused-ring (bicyclic) bond motifs is 10. The van der Waals surface area contributed by atoms with Crippen LogP contribution in [0.5, 0.6) is 0 Å². The van der Waals surface area contributed by atoms with Gasteiger partial charge in [-0.3, -0.25) is 4.57 Å². The Morgan fingerprint density at radius 1 is 0.368 bits per heavy atom. The summed E-state index contributed by atoms with van der Waals surface area (Å²) in [4.78, 5) is 16.1. The summed E-state index contributed by atoms with van der Waals surface area (Å²) in [6, 6.07) is 66.6. The van der Waals surface area contributed by atoms with Crippen molar-refractivity contribution in [2.24, 2.45) is 0 Å². The maximum absolute atomic E-state index is 5.46. The maximum atomic E-state index is 5.46. The zero-order valence-electron chi connectivity index (χ0n) is 30.5. The third kappa shape index (κ3) is 4.91. The Morgan fingerprint density at radius 2 is 0.930 bits per heavy atom. The summed E-state index contributed by atoms with van der Waals surface area (Å²) in [6.07, 6.45) is 0. The van der Waals surface area contributed by atoms with Crippen LogP contribution >= 0.6 is 11.3 Å². The van der Waals surface area contributed by atoms with E-state index in [2.05, 4.69) is 179 Å². The van der Waals surface area contributed by atoms with Gasteiger partial charge < -0.3 is 4.57 Å². The number of thiophene rings is 1. The van der Waals surface area contributed by atoms with Gasteiger partial charge in [0.2, 0.25) is 5.95 Å². The quantitative estimate of drug-likeness (QED) is 0.176. The Kier molecular flexibility index (Phi) is 7.03. The summed E-state index contributed by atoms with van der Waals surface area (Å²) in [6.45, 7) is 0. The Bertz CT molecular complexity index is 3510. The van der Waals surface area contributed by atoms with Gasteiger partial charge in [0.15, 0.2) is 11.6 Å². The molecule has 266 valence electrons. The van der Waals surface area contributed by atoms with Crippen LogP contribution in [0.15, 0.2) is 188 Å². The minimum atomic E-state index is 0.576. The second kappa shape index (κ2) is 12.6. The van der Waals surface area contributed by atoms with Gasteiger partial charge in [-0.15, -0.1) is 11.3 Å². The number of rotatable bonds is 5. The molecule has 0 saturated heterocycles. The second-order valence-electron chi connectivity index (χ2n) is 14.4. The van der Waals surface area contributed by atoms with E-state index in [9.17, 15) is 0 Å². The third-order valence-electron chi connectivity index (χ3n) is 11.2. The predicted molar refractivity (Wildman–Crippen MR) is 238 cm³/mol. The summed E-state index contributed by atoms with van der Waals surface area (Å²) in [7, 11) is 0.